The summed E-state index contributed by atoms with van der Waals surface area (Å²) in [7, 11) is 0. The Morgan fingerprint density at radius 2 is 1.70 bits per heavy atom. The first kappa shape index (κ1) is 19.4. The van der Waals surface area contributed by atoms with Crippen LogP contribution < -0.4 is 10.2 Å². The number of para-hydroxylation sites is 1. The highest BCUT2D eigenvalue weighted by molar-refractivity contribution is 5.78. The van der Waals surface area contributed by atoms with Crippen molar-refractivity contribution in [3.63, 3.8) is 0 Å². The Hall–Kier alpha value is -2.33. The van der Waals surface area contributed by atoms with Crippen LogP contribution in [0.2, 0.25) is 0 Å². The molecule has 1 amide bonds. The number of rotatable bonds is 6. The highest BCUT2D eigenvalue weighted by Crippen LogP contribution is 2.20. The molecular formula is C23H31N3O. The lowest BCUT2D eigenvalue weighted by Crippen LogP contribution is -2.49. The third kappa shape index (κ3) is 5.10. The number of benzene rings is 2. The molecule has 1 atom stereocenters. The lowest BCUT2D eigenvalue weighted by molar-refractivity contribution is -0.123. The second kappa shape index (κ2) is 9.05. The number of aryl methyl sites for hydroxylation is 2. The standard InChI is InChI=1S/C23H31N3O/c1-4-20-9-11-21(12-10-20)19(3)24-23(27)17-25-13-15-26(16-14-25)22-8-6-5-7-18(22)2/h5-12,19H,4,13-17H2,1-3H3,(H,24,27). The van der Waals surface area contributed by atoms with Crippen molar-refractivity contribution in [2.45, 2.75) is 33.2 Å². The minimum atomic E-state index is 0.0386. The van der Waals surface area contributed by atoms with Crippen LogP contribution in [-0.2, 0) is 11.2 Å². The number of piperazine rings is 1. The van der Waals surface area contributed by atoms with E-state index in [1.54, 1.807) is 0 Å². The zero-order chi connectivity index (χ0) is 19.2. The Labute approximate surface area is 163 Å². The van der Waals surface area contributed by atoms with Crippen molar-refractivity contribution in [3.05, 3.63) is 65.2 Å². The number of carbonyl (C=O) groups excluding carboxylic acids is 1. The van der Waals surface area contributed by atoms with Gasteiger partial charge in [-0.3, -0.25) is 9.69 Å². The van der Waals surface area contributed by atoms with Crippen LogP contribution in [0.1, 0.15) is 36.6 Å². The van der Waals surface area contributed by atoms with Crippen molar-refractivity contribution in [2.75, 3.05) is 37.6 Å². The lowest BCUT2D eigenvalue weighted by Gasteiger charge is -2.36. The summed E-state index contributed by atoms with van der Waals surface area (Å²) < 4.78 is 0. The van der Waals surface area contributed by atoms with E-state index >= 15 is 0 Å². The van der Waals surface area contributed by atoms with Crippen molar-refractivity contribution in [1.82, 2.24) is 10.2 Å². The first-order valence-electron chi connectivity index (χ1n) is 9.98. The van der Waals surface area contributed by atoms with Crippen molar-refractivity contribution in [3.8, 4) is 0 Å². The van der Waals surface area contributed by atoms with Crippen LogP contribution in [-0.4, -0.2) is 43.5 Å². The Bertz CT molecular complexity index is 748. The molecule has 1 heterocycles. The molecule has 3 rings (SSSR count). The van der Waals surface area contributed by atoms with Gasteiger partial charge in [-0.2, -0.15) is 0 Å². The zero-order valence-electron chi connectivity index (χ0n) is 16.7. The second-order valence-electron chi connectivity index (χ2n) is 7.43. The average molecular weight is 366 g/mol. The smallest absolute Gasteiger partial charge is 0.234 e. The molecule has 4 nitrogen and oxygen atoms in total. The molecule has 0 radical (unpaired) electrons. The summed E-state index contributed by atoms with van der Waals surface area (Å²) in [5.41, 5.74) is 5.10. The summed E-state index contributed by atoms with van der Waals surface area (Å²) in [6, 6.07) is 17.1. The van der Waals surface area contributed by atoms with Crippen LogP contribution in [0.3, 0.4) is 0 Å². The summed E-state index contributed by atoms with van der Waals surface area (Å²) in [5, 5.41) is 3.14. The first-order valence-corrected chi connectivity index (χ1v) is 9.98. The highest BCUT2D eigenvalue weighted by Gasteiger charge is 2.20. The molecule has 2 aromatic carbocycles. The van der Waals surface area contributed by atoms with Gasteiger partial charge in [0.2, 0.25) is 5.91 Å². The minimum absolute atomic E-state index is 0.0386. The van der Waals surface area contributed by atoms with Gasteiger partial charge in [0.15, 0.2) is 0 Å². The molecule has 0 aromatic heterocycles. The predicted molar refractivity (Wildman–Crippen MR) is 112 cm³/mol. The molecule has 0 bridgehead atoms. The number of amides is 1. The van der Waals surface area contributed by atoms with Crippen LogP contribution in [0.15, 0.2) is 48.5 Å². The quantitative estimate of drug-likeness (QED) is 0.850. The van der Waals surface area contributed by atoms with E-state index in [1.807, 2.05) is 0 Å². The van der Waals surface area contributed by atoms with Crippen LogP contribution in [0.4, 0.5) is 5.69 Å². The molecule has 1 saturated heterocycles. The van der Waals surface area contributed by atoms with Gasteiger partial charge in [0.25, 0.3) is 0 Å². The monoisotopic (exact) mass is 365 g/mol. The molecule has 0 spiro atoms. The van der Waals surface area contributed by atoms with Crippen molar-refractivity contribution < 1.29 is 4.79 Å². The van der Waals surface area contributed by atoms with E-state index in [-0.39, 0.29) is 11.9 Å². The van der Waals surface area contributed by atoms with Gasteiger partial charge in [0.1, 0.15) is 0 Å². The number of nitrogens with one attached hydrogen (secondary N) is 1. The SMILES string of the molecule is CCc1ccc(C(C)NC(=O)CN2CCN(c3ccccc3C)CC2)cc1. The molecule has 1 aliphatic rings. The summed E-state index contributed by atoms with van der Waals surface area (Å²) in [5.74, 6) is 0.103. The number of nitrogens with zero attached hydrogens (tertiary/aromatic N) is 2. The number of hydrogen-bond acceptors (Lipinski definition) is 3. The summed E-state index contributed by atoms with van der Waals surface area (Å²) in [6.07, 6.45) is 1.04. The summed E-state index contributed by atoms with van der Waals surface area (Å²) >= 11 is 0. The minimum Gasteiger partial charge on any atom is -0.369 e. The Morgan fingerprint density at radius 3 is 2.33 bits per heavy atom. The van der Waals surface area contributed by atoms with Gasteiger partial charge in [0.05, 0.1) is 12.6 Å². The fourth-order valence-electron chi connectivity index (χ4n) is 3.68. The molecule has 1 aliphatic heterocycles. The van der Waals surface area contributed by atoms with E-state index in [0.29, 0.717) is 6.54 Å². The second-order valence-corrected chi connectivity index (χ2v) is 7.43. The van der Waals surface area contributed by atoms with Crippen molar-refractivity contribution >= 4 is 11.6 Å². The fourth-order valence-corrected chi connectivity index (χ4v) is 3.68. The largest absolute Gasteiger partial charge is 0.369 e. The first-order chi connectivity index (χ1) is 13.1. The van der Waals surface area contributed by atoms with E-state index in [0.717, 1.165) is 38.2 Å². The number of carbonyl (C=O) groups is 1. The van der Waals surface area contributed by atoms with E-state index in [1.165, 1.54) is 16.8 Å². The van der Waals surface area contributed by atoms with Gasteiger partial charge < -0.3 is 10.2 Å². The van der Waals surface area contributed by atoms with E-state index in [9.17, 15) is 4.79 Å². The van der Waals surface area contributed by atoms with Crippen LogP contribution in [0.5, 0.6) is 0 Å². The van der Waals surface area contributed by atoms with Crippen molar-refractivity contribution in [1.29, 1.82) is 0 Å². The number of anilines is 1. The molecule has 1 unspecified atom stereocenters. The van der Waals surface area contributed by atoms with Gasteiger partial charge in [-0.15, -0.1) is 0 Å². The molecule has 1 N–H and O–H groups in total. The predicted octanol–water partition coefficient (Wildman–Crippen LogP) is 3.56. The maximum absolute atomic E-state index is 12.5. The number of hydrogen-bond donors (Lipinski definition) is 1. The Kier molecular flexibility index (Phi) is 6.51. The van der Waals surface area contributed by atoms with E-state index in [2.05, 4.69) is 84.4 Å². The lowest BCUT2D eigenvalue weighted by atomic mass is 10.0. The zero-order valence-corrected chi connectivity index (χ0v) is 16.7. The maximum atomic E-state index is 12.5. The third-order valence-corrected chi connectivity index (χ3v) is 5.46. The van der Waals surface area contributed by atoms with Gasteiger partial charge >= 0.3 is 0 Å². The molecule has 27 heavy (non-hydrogen) atoms. The molecular weight excluding hydrogens is 334 g/mol. The third-order valence-electron chi connectivity index (χ3n) is 5.46. The van der Waals surface area contributed by atoms with Crippen LogP contribution in [0.25, 0.3) is 0 Å². The normalized spacial score (nSPS) is 16.2. The molecule has 144 valence electrons. The average Bonchev–Trinajstić information content (AvgIpc) is 2.69. The summed E-state index contributed by atoms with van der Waals surface area (Å²) in [6.45, 7) is 10.6. The highest BCUT2D eigenvalue weighted by atomic mass is 16.2. The topological polar surface area (TPSA) is 35.6 Å². The van der Waals surface area contributed by atoms with Gasteiger partial charge in [-0.05, 0) is 43.0 Å². The fraction of sp³-hybridized carbons (Fsp3) is 0.435. The van der Waals surface area contributed by atoms with Gasteiger partial charge in [0, 0.05) is 31.9 Å². The van der Waals surface area contributed by atoms with Gasteiger partial charge in [-0.1, -0.05) is 49.4 Å². The van der Waals surface area contributed by atoms with E-state index in [4.69, 9.17) is 0 Å². The van der Waals surface area contributed by atoms with Gasteiger partial charge in [-0.25, -0.2) is 0 Å². The van der Waals surface area contributed by atoms with Crippen LogP contribution in [0, 0.1) is 6.92 Å². The Balaban J connectivity index is 1.47. The summed E-state index contributed by atoms with van der Waals surface area (Å²) in [4.78, 5) is 17.1. The molecule has 0 saturated carbocycles. The van der Waals surface area contributed by atoms with Crippen LogP contribution >= 0.6 is 0 Å². The molecule has 2 aromatic rings. The molecule has 0 aliphatic carbocycles. The molecule has 4 heteroatoms. The molecule has 1 fully saturated rings. The van der Waals surface area contributed by atoms with E-state index < -0.39 is 0 Å². The Morgan fingerprint density at radius 1 is 1.04 bits per heavy atom. The maximum Gasteiger partial charge on any atom is 0.234 e. The van der Waals surface area contributed by atoms with Crippen molar-refractivity contribution in [2.24, 2.45) is 0 Å².